The Kier molecular flexibility index (Phi) is 4.69. The van der Waals surface area contributed by atoms with Crippen molar-refractivity contribution in [3.8, 4) is 0 Å². The molecule has 34 heavy (non-hydrogen) atoms. The van der Waals surface area contributed by atoms with Gasteiger partial charge < -0.3 is 10.6 Å². The molecule has 11 nitrogen and oxygen atoms in total. The van der Waals surface area contributed by atoms with Crippen LogP contribution in [0.25, 0.3) is 16.5 Å². The molecule has 166 valence electrons. The van der Waals surface area contributed by atoms with Gasteiger partial charge in [-0.3, -0.25) is 20.3 Å². The molecule has 0 bridgehead atoms. The fourth-order valence-corrected chi connectivity index (χ4v) is 3.72. The summed E-state index contributed by atoms with van der Waals surface area (Å²) < 4.78 is 0. The minimum absolute atomic E-state index is 0.0944. The number of nitrogens with one attached hydrogen (secondary N) is 4. The van der Waals surface area contributed by atoms with Crippen LogP contribution in [0, 0.1) is 0 Å². The molecule has 4 N–H and O–H groups in total. The van der Waals surface area contributed by atoms with Gasteiger partial charge in [-0.25, -0.2) is 9.97 Å². The largest absolute Gasteiger partial charge is 0.340 e. The van der Waals surface area contributed by atoms with Crippen molar-refractivity contribution in [2.75, 3.05) is 10.6 Å². The van der Waals surface area contributed by atoms with Crippen LogP contribution in [0.3, 0.4) is 0 Å². The topological polar surface area (TPSA) is 137 Å². The molecule has 1 aromatic carbocycles. The maximum absolute atomic E-state index is 12.6. The fraction of sp³-hybridized carbons (Fsp3) is 0.0435. The van der Waals surface area contributed by atoms with E-state index in [9.17, 15) is 4.79 Å². The van der Waals surface area contributed by atoms with Gasteiger partial charge in [0.15, 0.2) is 5.82 Å². The van der Waals surface area contributed by atoms with E-state index in [-0.39, 0.29) is 11.9 Å². The normalized spacial score (nSPS) is 16.5. The number of carbonyl (C=O) groups is 1. The number of allylic oxidation sites excluding steroid dienone is 2. The quantitative estimate of drug-likeness (QED) is 0.361. The number of aromatic amines is 1. The van der Waals surface area contributed by atoms with Gasteiger partial charge in [-0.15, -0.1) is 0 Å². The maximum atomic E-state index is 12.6. The van der Waals surface area contributed by atoms with Crippen LogP contribution >= 0.6 is 0 Å². The molecular weight excluding hydrogens is 432 g/mol. The first-order chi connectivity index (χ1) is 16.7. The monoisotopic (exact) mass is 450 g/mol. The highest BCUT2D eigenvalue weighted by Crippen LogP contribution is 2.26. The molecule has 5 heterocycles. The highest BCUT2D eigenvalue weighted by Gasteiger charge is 2.27. The Balaban J connectivity index is 1.17. The average molecular weight is 450 g/mol. The van der Waals surface area contributed by atoms with Gasteiger partial charge >= 0.3 is 0 Å². The fourth-order valence-electron chi connectivity index (χ4n) is 3.72. The molecule has 6 rings (SSSR count). The smallest absolute Gasteiger partial charge is 0.273 e. The van der Waals surface area contributed by atoms with Crippen LogP contribution in [0.4, 0.5) is 17.2 Å². The lowest BCUT2D eigenvalue weighted by molar-refractivity contribution is -0.113. The van der Waals surface area contributed by atoms with Crippen molar-refractivity contribution < 1.29 is 4.79 Å². The lowest BCUT2D eigenvalue weighted by Crippen LogP contribution is -2.36. The number of amides is 1. The first-order valence-electron chi connectivity index (χ1n) is 10.5. The summed E-state index contributed by atoms with van der Waals surface area (Å²) >= 11 is 0. The Morgan fingerprint density at radius 3 is 2.94 bits per heavy atom. The molecule has 0 saturated carbocycles. The first-order valence-corrected chi connectivity index (χ1v) is 10.5. The molecule has 0 saturated heterocycles. The van der Waals surface area contributed by atoms with Crippen LogP contribution < -0.4 is 16.1 Å². The molecule has 2 aliphatic rings. The van der Waals surface area contributed by atoms with Gasteiger partial charge in [0, 0.05) is 29.0 Å². The molecule has 0 fully saturated rings. The van der Waals surface area contributed by atoms with Gasteiger partial charge in [-0.1, -0.05) is 12.2 Å². The highest BCUT2D eigenvalue weighted by molar-refractivity contribution is 6.03. The molecule has 2 aliphatic heterocycles. The minimum atomic E-state index is -0.261. The Hall–Kier alpha value is -5.06. The van der Waals surface area contributed by atoms with Crippen LogP contribution in [-0.4, -0.2) is 47.3 Å². The second-order valence-electron chi connectivity index (χ2n) is 7.68. The van der Waals surface area contributed by atoms with E-state index in [0.717, 1.165) is 22.2 Å². The summed E-state index contributed by atoms with van der Waals surface area (Å²) in [6.07, 6.45) is 14.1. The van der Waals surface area contributed by atoms with E-state index in [4.69, 9.17) is 0 Å². The molecule has 0 aliphatic carbocycles. The molecular formula is C23H18N10O. The zero-order chi connectivity index (χ0) is 22.9. The number of fused-ring (bicyclic) bond motifs is 2. The van der Waals surface area contributed by atoms with Gasteiger partial charge in [0.2, 0.25) is 0 Å². The number of hydrogen-bond acceptors (Lipinski definition) is 9. The summed E-state index contributed by atoms with van der Waals surface area (Å²) in [5.41, 5.74) is 6.82. The summed E-state index contributed by atoms with van der Waals surface area (Å²) in [7, 11) is 0. The highest BCUT2D eigenvalue weighted by atomic mass is 16.2. The van der Waals surface area contributed by atoms with Crippen LogP contribution in [0.1, 0.15) is 5.82 Å². The van der Waals surface area contributed by atoms with Crippen LogP contribution in [0.5, 0.6) is 0 Å². The van der Waals surface area contributed by atoms with Crippen molar-refractivity contribution in [1.82, 2.24) is 40.8 Å². The van der Waals surface area contributed by atoms with Gasteiger partial charge in [0.25, 0.3) is 5.91 Å². The van der Waals surface area contributed by atoms with Crippen LogP contribution in [0.15, 0.2) is 85.2 Å². The zero-order valence-corrected chi connectivity index (χ0v) is 17.7. The van der Waals surface area contributed by atoms with Crippen molar-refractivity contribution in [1.29, 1.82) is 0 Å². The predicted octanol–water partition coefficient (Wildman–Crippen LogP) is 2.51. The maximum Gasteiger partial charge on any atom is 0.273 e. The number of anilines is 3. The third-order valence-corrected chi connectivity index (χ3v) is 5.37. The number of nitrogens with zero attached hydrogens (tertiary/aromatic N) is 6. The average Bonchev–Trinajstić information content (AvgIpc) is 3.51. The molecule has 1 atom stereocenters. The zero-order valence-electron chi connectivity index (χ0n) is 17.7. The number of benzene rings is 1. The van der Waals surface area contributed by atoms with E-state index in [0.29, 0.717) is 23.0 Å². The third kappa shape index (κ3) is 3.81. The molecule has 11 heteroatoms. The molecule has 1 unspecified atom stereocenters. The van der Waals surface area contributed by atoms with E-state index < -0.39 is 0 Å². The predicted molar refractivity (Wildman–Crippen MR) is 126 cm³/mol. The first kappa shape index (κ1) is 19.6. The standard InChI is InChI=1S/C23H18N10O/c34-23(29-17-5-8-25-26-12-17)20-10-18-3-1-14(13-33(18)32-20)22-24-7-6-21(30-22)28-16-2-4-19-15(9-16)11-27-31-19/h1-13,18,32H,(H,27,31)(H,24,28,30)(H,25,29,34). The Labute approximate surface area is 193 Å². The molecule has 0 radical (unpaired) electrons. The summed E-state index contributed by atoms with van der Waals surface area (Å²) in [5.74, 6) is 0.970. The Bertz CT molecular complexity index is 1470. The Morgan fingerprint density at radius 2 is 2.03 bits per heavy atom. The second-order valence-corrected chi connectivity index (χ2v) is 7.68. The van der Waals surface area contributed by atoms with Crippen molar-refractivity contribution in [3.63, 3.8) is 0 Å². The van der Waals surface area contributed by atoms with Gasteiger partial charge in [-0.2, -0.15) is 15.3 Å². The SMILES string of the molecule is O=C(Nc1ccnnc1)C1=CC2C=CC(c3nccc(Nc4ccc5[nH]ncc5c4)n3)=CN2N1. The van der Waals surface area contributed by atoms with E-state index in [1.165, 1.54) is 12.4 Å². The van der Waals surface area contributed by atoms with Crippen molar-refractivity contribution in [2.45, 2.75) is 6.04 Å². The van der Waals surface area contributed by atoms with E-state index in [2.05, 4.69) is 46.4 Å². The number of carbonyl (C=O) groups excluding carboxylic acids is 1. The third-order valence-electron chi connectivity index (χ3n) is 5.37. The number of rotatable bonds is 5. The van der Waals surface area contributed by atoms with Crippen molar-refractivity contribution >= 4 is 39.6 Å². The second kappa shape index (κ2) is 8.13. The van der Waals surface area contributed by atoms with Crippen LogP contribution in [-0.2, 0) is 4.79 Å². The van der Waals surface area contributed by atoms with E-state index in [1.54, 1.807) is 18.5 Å². The molecule has 0 spiro atoms. The Morgan fingerprint density at radius 1 is 1.06 bits per heavy atom. The van der Waals surface area contributed by atoms with E-state index >= 15 is 0 Å². The minimum Gasteiger partial charge on any atom is -0.340 e. The van der Waals surface area contributed by atoms with Crippen molar-refractivity contribution in [3.05, 3.63) is 91.1 Å². The lowest BCUT2D eigenvalue weighted by Gasteiger charge is -2.25. The van der Waals surface area contributed by atoms with Crippen molar-refractivity contribution in [2.24, 2.45) is 0 Å². The molecule has 1 amide bonds. The van der Waals surface area contributed by atoms with E-state index in [1.807, 2.05) is 53.7 Å². The van der Waals surface area contributed by atoms with Gasteiger partial charge in [0.05, 0.1) is 35.8 Å². The van der Waals surface area contributed by atoms with Crippen LogP contribution in [0.2, 0.25) is 0 Å². The summed E-state index contributed by atoms with van der Waals surface area (Å²) in [5, 5.41) is 23.4. The molecule has 4 aromatic rings. The lowest BCUT2D eigenvalue weighted by atomic mass is 10.1. The number of hydrazine groups is 1. The summed E-state index contributed by atoms with van der Waals surface area (Å²) in [6, 6.07) is 9.32. The number of H-pyrrole nitrogens is 1. The number of aromatic nitrogens is 6. The van der Waals surface area contributed by atoms with Gasteiger partial charge in [0.1, 0.15) is 11.5 Å². The number of hydrogen-bond donors (Lipinski definition) is 4. The molecule has 3 aromatic heterocycles. The summed E-state index contributed by atoms with van der Waals surface area (Å²) in [6.45, 7) is 0. The van der Waals surface area contributed by atoms with Gasteiger partial charge in [-0.05, 0) is 36.4 Å². The summed E-state index contributed by atoms with van der Waals surface area (Å²) in [4.78, 5) is 21.7.